The Hall–Kier alpha value is -2.87. The molecular weight excluding hydrogens is 336 g/mol. The maximum atomic E-state index is 12.9. The molecule has 1 saturated heterocycles. The van der Waals surface area contributed by atoms with Crippen LogP contribution in [0.3, 0.4) is 0 Å². The molecule has 0 unspecified atom stereocenters. The van der Waals surface area contributed by atoms with Crippen LogP contribution in [0.1, 0.15) is 17.7 Å². The first-order valence-corrected chi connectivity index (χ1v) is 8.59. The highest BCUT2D eigenvalue weighted by molar-refractivity contribution is 6.00. The van der Waals surface area contributed by atoms with Crippen LogP contribution in [0, 0.1) is 5.92 Å². The van der Waals surface area contributed by atoms with Crippen LogP contribution >= 0.6 is 0 Å². The van der Waals surface area contributed by atoms with Gasteiger partial charge in [0.25, 0.3) is 0 Å². The number of aliphatic hydroxyl groups is 1. The number of hydrogen-bond acceptors (Lipinski definition) is 5. The van der Waals surface area contributed by atoms with Crippen molar-refractivity contribution < 1.29 is 19.8 Å². The lowest BCUT2D eigenvalue weighted by molar-refractivity contribution is -0.136. The average molecular weight is 356 g/mol. The molecule has 26 heavy (non-hydrogen) atoms. The largest absolute Gasteiger partial charge is 0.508 e. The van der Waals surface area contributed by atoms with Crippen LogP contribution in [0.2, 0.25) is 0 Å². The van der Waals surface area contributed by atoms with E-state index in [9.17, 15) is 14.7 Å². The molecule has 8 heteroatoms. The Kier molecular flexibility index (Phi) is 4.12. The lowest BCUT2D eigenvalue weighted by Crippen LogP contribution is -2.34. The second-order valence-electron chi connectivity index (χ2n) is 6.68. The number of carbonyl (C=O) groups is 2. The van der Waals surface area contributed by atoms with E-state index in [0.717, 1.165) is 11.3 Å². The van der Waals surface area contributed by atoms with E-state index in [2.05, 4.69) is 5.10 Å². The van der Waals surface area contributed by atoms with Gasteiger partial charge >= 0.3 is 0 Å². The number of hydrogen-bond donors (Lipinski definition) is 2. The first kappa shape index (κ1) is 16.6. The fraction of sp³-hybridized carbons (Fsp3) is 0.389. The van der Waals surface area contributed by atoms with E-state index in [0.29, 0.717) is 31.9 Å². The predicted molar refractivity (Wildman–Crippen MR) is 92.1 cm³/mol. The Bertz CT molecular complexity index is 845. The smallest absolute Gasteiger partial charge is 0.228 e. The minimum Gasteiger partial charge on any atom is -0.508 e. The van der Waals surface area contributed by atoms with Gasteiger partial charge in [-0.05, 0) is 24.3 Å². The predicted octanol–water partition coefficient (Wildman–Crippen LogP) is 0.476. The lowest BCUT2D eigenvalue weighted by atomic mass is 10.1. The Morgan fingerprint density at radius 2 is 2.00 bits per heavy atom. The SMILES string of the molecule is O=C([C@@H]1CC(=O)N(c2ccc(O)cc2)C1)N1Cc2cnn(CCO)c2C1. The second kappa shape index (κ2) is 6.45. The summed E-state index contributed by atoms with van der Waals surface area (Å²) in [6.07, 6.45) is 1.93. The van der Waals surface area contributed by atoms with E-state index < -0.39 is 0 Å². The molecule has 1 fully saturated rings. The molecule has 2 aliphatic heterocycles. The fourth-order valence-electron chi connectivity index (χ4n) is 3.66. The zero-order chi connectivity index (χ0) is 18.3. The van der Waals surface area contributed by atoms with Gasteiger partial charge in [0.2, 0.25) is 11.8 Å². The molecule has 2 N–H and O–H groups in total. The van der Waals surface area contributed by atoms with Gasteiger partial charge in [0, 0.05) is 30.8 Å². The number of aliphatic hydroxyl groups excluding tert-OH is 1. The van der Waals surface area contributed by atoms with E-state index >= 15 is 0 Å². The summed E-state index contributed by atoms with van der Waals surface area (Å²) in [5.74, 6) is -0.358. The van der Waals surface area contributed by atoms with Crippen LogP contribution in [0.25, 0.3) is 0 Å². The Morgan fingerprint density at radius 1 is 1.23 bits per heavy atom. The van der Waals surface area contributed by atoms with Crippen LogP contribution in [0.15, 0.2) is 30.5 Å². The first-order chi connectivity index (χ1) is 12.6. The summed E-state index contributed by atoms with van der Waals surface area (Å²) in [5.41, 5.74) is 2.63. The van der Waals surface area contributed by atoms with Crippen molar-refractivity contribution in [2.75, 3.05) is 18.1 Å². The monoisotopic (exact) mass is 356 g/mol. The van der Waals surface area contributed by atoms with Crippen LogP contribution < -0.4 is 4.90 Å². The number of phenols is 1. The molecule has 0 radical (unpaired) electrons. The topological polar surface area (TPSA) is 98.9 Å². The molecular formula is C18H20N4O4. The minimum absolute atomic E-state index is 0.000777. The third-order valence-corrected chi connectivity index (χ3v) is 5.00. The van der Waals surface area contributed by atoms with Crippen LogP contribution in [0.5, 0.6) is 5.75 Å². The Balaban J connectivity index is 1.45. The van der Waals surface area contributed by atoms with Crippen molar-refractivity contribution in [3.05, 3.63) is 41.7 Å². The fourth-order valence-corrected chi connectivity index (χ4v) is 3.66. The number of aromatic nitrogens is 2. The third kappa shape index (κ3) is 2.82. The van der Waals surface area contributed by atoms with Crippen LogP contribution in [0.4, 0.5) is 5.69 Å². The highest BCUT2D eigenvalue weighted by atomic mass is 16.3. The third-order valence-electron chi connectivity index (χ3n) is 5.00. The Morgan fingerprint density at radius 3 is 2.73 bits per heavy atom. The molecule has 4 rings (SSSR count). The molecule has 0 aliphatic carbocycles. The zero-order valence-electron chi connectivity index (χ0n) is 14.2. The molecule has 8 nitrogen and oxygen atoms in total. The van der Waals surface area contributed by atoms with Crippen molar-refractivity contribution in [1.82, 2.24) is 14.7 Å². The number of phenolic OH excluding ortho intramolecular Hbond substituents is 1. The second-order valence-corrected chi connectivity index (χ2v) is 6.68. The molecule has 136 valence electrons. The van der Waals surface area contributed by atoms with Gasteiger partial charge in [-0.25, -0.2) is 0 Å². The molecule has 1 atom stereocenters. The number of aromatic hydroxyl groups is 1. The van der Waals surface area contributed by atoms with E-state index in [-0.39, 0.29) is 36.5 Å². The van der Waals surface area contributed by atoms with Gasteiger partial charge < -0.3 is 20.0 Å². The summed E-state index contributed by atoms with van der Waals surface area (Å²) in [6, 6.07) is 6.41. The summed E-state index contributed by atoms with van der Waals surface area (Å²) in [6.45, 7) is 1.70. The van der Waals surface area contributed by atoms with E-state index in [1.165, 1.54) is 12.1 Å². The molecule has 2 aromatic rings. The molecule has 2 amide bonds. The van der Waals surface area contributed by atoms with Crippen molar-refractivity contribution in [2.24, 2.45) is 5.92 Å². The number of benzene rings is 1. The summed E-state index contributed by atoms with van der Waals surface area (Å²) in [5, 5.41) is 22.7. The normalized spacial score (nSPS) is 19.3. The Labute approximate surface area is 150 Å². The molecule has 2 aliphatic rings. The number of amides is 2. The number of fused-ring (bicyclic) bond motifs is 1. The van der Waals surface area contributed by atoms with Crippen molar-refractivity contribution in [1.29, 1.82) is 0 Å². The number of carbonyl (C=O) groups excluding carboxylic acids is 2. The average Bonchev–Trinajstić information content (AvgIpc) is 3.31. The summed E-state index contributed by atoms with van der Waals surface area (Å²) in [4.78, 5) is 28.6. The van der Waals surface area contributed by atoms with Crippen LogP contribution in [-0.2, 0) is 29.2 Å². The van der Waals surface area contributed by atoms with E-state index in [1.807, 2.05) is 0 Å². The van der Waals surface area contributed by atoms with Crippen molar-refractivity contribution >= 4 is 17.5 Å². The van der Waals surface area contributed by atoms with Crippen molar-refractivity contribution in [3.8, 4) is 5.75 Å². The standard InChI is InChI=1S/C18H20N4O4/c23-6-5-22-16-11-20(9-13(16)8-19-22)18(26)12-7-17(25)21(10-12)14-1-3-15(24)4-2-14/h1-4,8,12,23-24H,5-7,9-11H2/t12-/m1/s1. The summed E-state index contributed by atoms with van der Waals surface area (Å²) >= 11 is 0. The maximum absolute atomic E-state index is 12.9. The van der Waals surface area contributed by atoms with Gasteiger partial charge in [-0.1, -0.05) is 0 Å². The van der Waals surface area contributed by atoms with Gasteiger partial charge in [-0.3, -0.25) is 14.3 Å². The van der Waals surface area contributed by atoms with Gasteiger partial charge in [0.1, 0.15) is 5.75 Å². The van der Waals surface area contributed by atoms with Gasteiger partial charge in [0.15, 0.2) is 0 Å². The minimum atomic E-state index is -0.375. The van der Waals surface area contributed by atoms with E-state index in [1.54, 1.807) is 32.8 Å². The molecule has 1 aromatic heterocycles. The first-order valence-electron chi connectivity index (χ1n) is 8.59. The molecule has 1 aromatic carbocycles. The lowest BCUT2D eigenvalue weighted by Gasteiger charge is -2.21. The number of rotatable bonds is 4. The number of nitrogens with zero attached hydrogens (tertiary/aromatic N) is 4. The molecule has 3 heterocycles. The maximum Gasteiger partial charge on any atom is 0.228 e. The van der Waals surface area contributed by atoms with Gasteiger partial charge in [-0.2, -0.15) is 5.10 Å². The van der Waals surface area contributed by atoms with Crippen molar-refractivity contribution in [2.45, 2.75) is 26.1 Å². The van der Waals surface area contributed by atoms with Crippen LogP contribution in [-0.4, -0.2) is 49.9 Å². The summed E-state index contributed by atoms with van der Waals surface area (Å²) < 4.78 is 1.73. The quantitative estimate of drug-likeness (QED) is 0.830. The van der Waals surface area contributed by atoms with E-state index in [4.69, 9.17) is 5.11 Å². The van der Waals surface area contributed by atoms with Gasteiger partial charge in [0.05, 0.1) is 37.5 Å². The molecule has 0 spiro atoms. The van der Waals surface area contributed by atoms with Gasteiger partial charge in [-0.15, -0.1) is 0 Å². The van der Waals surface area contributed by atoms with Crippen molar-refractivity contribution in [3.63, 3.8) is 0 Å². The highest BCUT2D eigenvalue weighted by Crippen LogP contribution is 2.30. The highest BCUT2D eigenvalue weighted by Gasteiger charge is 2.39. The summed E-state index contributed by atoms with van der Waals surface area (Å²) in [7, 11) is 0. The molecule has 0 bridgehead atoms. The molecule has 0 saturated carbocycles. The zero-order valence-corrected chi connectivity index (χ0v) is 14.2. The number of anilines is 1.